The van der Waals surface area contributed by atoms with E-state index < -0.39 is 0 Å². The van der Waals surface area contributed by atoms with Gasteiger partial charge in [-0.25, -0.2) is 0 Å². The summed E-state index contributed by atoms with van der Waals surface area (Å²) in [5.74, 6) is 3.41. The van der Waals surface area contributed by atoms with Crippen LogP contribution in [0.25, 0.3) is 10.8 Å². The zero-order valence-corrected chi connectivity index (χ0v) is 20.9. The largest absolute Gasteiger partial charge is 0.496 e. The van der Waals surface area contributed by atoms with E-state index in [4.69, 9.17) is 28.4 Å². The van der Waals surface area contributed by atoms with Crippen LogP contribution in [-0.4, -0.2) is 42.7 Å². The maximum atomic E-state index is 5.87. The molecule has 0 heterocycles. The molecule has 0 aliphatic heterocycles. The predicted molar refractivity (Wildman–Crippen MR) is 137 cm³/mol. The van der Waals surface area contributed by atoms with Gasteiger partial charge in [-0.1, -0.05) is 42.5 Å². The van der Waals surface area contributed by atoms with E-state index in [1.165, 1.54) is 0 Å². The zero-order chi connectivity index (χ0) is 24.9. The molecule has 0 saturated heterocycles. The summed E-state index contributed by atoms with van der Waals surface area (Å²) in [7, 11) is 9.78. The molecule has 6 heteroatoms. The molecule has 0 fully saturated rings. The SMILES string of the molecule is COc1cc(OC)c(C(c2ccc3ccccc3c2)c2c(OC)cc(OC)cc2OC)c(OC)c1. The Labute approximate surface area is 205 Å². The van der Waals surface area contributed by atoms with Gasteiger partial charge >= 0.3 is 0 Å². The fraction of sp³-hybridized carbons (Fsp3) is 0.241. The number of hydrogen-bond donors (Lipinski definition) is 0. The van der Waals surface area contributed by atoms with Crippen LogP contribution in [0.2, 0.25) is 0 Å². The van der Waals surface area contributed by atoms with Crippen molar-refractivity contribution in [2.45, 2.75) is 5.92 Å². The first-order chi connectivity index (χ1) is 17.1. The first-order valence-electron chi connectivity index (χ1n) is 11.2. The molecule has 0 aliphatic rings. The highest BCUT2D eigenvalue weighted by atomic mass is 16.5. The Hall–Kier alpha value is -4.06. The third-order valence-corrected chi connectivity index (χ3v) is 6.19. The van der Waals surface area contributed by atoms with Crippen LogP contribution in [0, 0.1) is 0 Å². The Morgan fingerprint density at radius 1 is 0.457 bits per heavy atom. The molecule has 182 valence electrons. The van der Waals surface area contributed by atoms with Gasteiger partial charge in [0.2, 0.25) is 0 Å². The van der Waals surface area contributed by atoms with Gasteiger partial charge in [0.05, 0.1) is 42.7 Å². The van der Waals surface area contributed by atoms with E-state index in [-0.39, 0.29) is 5.92 Å². The summed E-state index contributed by atoms with van der Waals surface area (Å²) in [5.41, 5.74) is 2.67. The van der Waals surface area contributed by atoms with Crippen LogP contribution in [0.15, 0.2) is 66.7 Å². The van der Waals surface area contributed by atoms with Crippen molar-refractivity contribution in [2.75, 3.05) is 42.7 Å². The normalized spacial score (nSPS) is 10.8. The molecule has 0 atom stereocenters. The van der Waals surface area contributed by atoms with Crippen LogP contribution in [-0.2, 0) is 0 Å². The van der Waals surface area contributed by atoms with Crippen molar-refractivity contribution < 1.29 is 28.4 Å². The van der Waals surface area contributed by atoms with E-state index in [2.05, 4.69) is 30.3 Å². The van der Waals surface area contributed by atoms with Gasteiger partial charge in [0.25, 0.3) is 0 Å². The molecule has 0 spiro atoms. The van der Waals surface area contributed by atoms with Crippen LogP contribution in [0.3, 0.4) is 0 Å². The molecular weight excluding hydrogens is 444 g/mol. The van der Waals surface area contributed by atoms with Crippen molar-refractivity contribution in [1.29, 1.82) is 0 Å². The second-order valence-corrected chi connectivity index (χ2v) is 7.93. The molecule has 0 aromatic heterocycles. The third-order valence-electron chi connectivity index (χ3n) is 6.19. The molecule has 0 aliphatic carbocycles. The molecule has 35 heavy (non-hydrogen) atoms. The molecule has 6 nitrogen and oxygen atoms in total. The maximum absolute atomic E-state index is 5.87. The summed E-state index contributed by atoms with van der Waals surface area (Å²) < 4.78 is 34.5. The maximum Gasteiger partial charge on any atom is 0.130 e. The Morgan fingerprint density at radius 2 is 0.886 bits per heavy atom. The van der Waals surface area contributed by atoms with E-state index in [9.17, 15) is 0 Å². The standard InChI is InChI=1S/C29H30O6/c1-30-21-14-23(32-3)28(24(15-21)33-4)27(20-12-11-18-9-7-8-10-19(18)13-20)29-25(34-5)16-22(31-2)17-26(29)35-6/h7-17,27H,1-6H3. The molecular formula is C29H30O6. The molecule has 0 bridgehead atoms. The lowest BCUT2D eigenvalue weighted by Gasteiger charge is -2.27. The number of fused-ring (bicyclic) bond motifs is 1. The molecule has 4 aromatic rings. The topological polar surface area (TPSA) is 55.4 Å². The van der Waals surface area contributed by atoms with Crippen LogP contribution in [0.1, 0.15) is 22.6 Å². The summed E-state index contributed by atoms with van der Waals surface area (Å²) in [6.07, 6.45) is 0. The van der Waals surface area contributed by atoms with E-state index in [0.717, 1.165) is 27.5 Å². The first-order valence-corrected chi connectivity index (χ1v) is 11.2. The van der Waals surface area contributed by atoms with Crippen LogP contribution < -0.4 is 28.4 Å². The van der Waals surface area contributed by atoms with E-state index in [1.807, 2.05) is 36.4 Å². The fourth-order valence-corrected chi connectivity index (χ4v) is 4.50. The minimum Gasteiger partial charge on any atom is -0.496 e. The average molecular weight is 475 g/mol. The molecule has 4 aromatic carbocycles. The molecule has 0 saturated carbocycles. The van der Waals surface area contributed by atoms with Gasteiger partial charge < -0.3 is 28.4 Å². The molecule has 0 amide bonds. The molecule has 0 radical (unpaired) electrons. The average Bonchev–Trinajstić information content (AvgIpc) is 2.92. The smallest absolute Gasteiger partial charge is 0.130 e. The van der Waals surface area contributed by atoms with Gasteiger partial charge in [-0.3, -0.25) is 0 Å². The van der Waals surface area contributed by atoms with E-state index in [0.29, 0.717) is 34.5 Å². The molecule has 0 N–H and O–H groups in total. The predicted octanol–water partition coefficient (Wildman–Crippen LogP) is 6.07. The van der Waals surface area contributed by atoms with Crippen molar-refractivity contribution in [3.8, 4) is 34.5 Å². The van der Waals surface area contributed by atoms with Gasteiger partial charge in [0.15, 0.2) is 0 Å². The van der Waals surface area contributed by atoms with Gasteiger partial charge in [-0.15, -0.1) is 0 Å². The molecule has 0 unspecified atom stereocenters. The second-order valence-electron chi connectivity index (χ2n) is 7.93. The second kappa shape index (κ2) is 10.5. The summed E-state index contributed by atoms with van der Waals surface area (Å²) in [5, 5.41) is 2.27. The lowest BCUT2D eigenvalue weighted by molar-refractivity contribution is 0.359. The van der Waals surface area contributed by atoms with Crippen molar-refractivity contribution in [1.82, 2.24) is 0 Å². The number of rotatable bonds is 9. The Morgan fingerprint density at radius 3 is 1.29 bits per heavy atom. The van der Waals surface area contributed by atoms with Crippen molar-refractivity contribution in [3.05, 3.63) is 83.4 Å². The van der Waals surface area contributed by atoms with E-state index in [1.54, 1.807) is 42.7 Å². The summed E-state index contributed by atoms with van der Waals surface area (Å²) in [6.45, 7) is 0. The van der Waals surface area contributed by atoms with Crippen LogP contribution >= 0.6 is 0 Å². The van der Waals surface area contributed by atoms with Gasteiger partial charge in [-0.05, 0) is 16.3 Å². The Balaban J connectivity index is 2.11. The fourth-order valence-electron chi connectivity index (χ4n) is 4.50. The minimum atomic E-state index is -0.355. The quantitative estimate of drug-likeness (QED) is 0.274. The zero-order valence-electron chi connectivity index (χ0n) is 20.9. The minimum absolute atomic E-state index is 0.355. The summed E-state index contributed by atoms with van der Waals surface area (Å²) in [6, 6.07) is 22.1. The first kappa shape index (κ1) is 24.1. The third kappa shape index (κ3) is 4.52. The Bertz CT molecular complexity index is 1220. The lowest BCUT2D eigenvalue weighted by atomic mass is 9.82. The summed E-state index contributed by atoms with van der Waals surface area (Å²) >= 11 is 0. The number of benzene rings is 4. The van der Waals surface area contributed by atoms with Crippen molar-refractivity contribution in [3.63, 3.8) is 0 Å². The highest BCUT2D eigenvalue weighted by molar-refractivity contribution is 5.84. The van der Waals surface area contributed by atoms with Gasteiger partial charge in [0.1, 0.15) is 34.5 Å². The monoisotopic (exact) mass is 474 g/mol. The number of hydrogen-bond acceptors (Lipinski definition) is 6. The van der Waals surface area contributed by atoms with Gasteiger partial charge in [0, 0.05) is 41.3 Å². The highest BCUT2D eigenvalue weighted by Crippen LogP contribution is 2.51. The highest BCUT2D eigenvalue weighted by Gasteiger charge is 2.31. The number of ether oxygens (including phenoxy) is 6. The van der Waals surface area contributed by atoms with Crippen LogP contribution in [0.4, 0.5) is 0 Å². The molecule has 4 rings (SSSR count). The van der Waals surface area contributed by atoms with E-state index >= 15 is 0 Å². The Kier molecular flexibility index (Phi) is 7.20. The van der Waals surface area contributed by atoms with Crippen molar-refractivity contribution in [2.24, 2.45) is 0 Å². The number of methoxy groups -OCH3 is 6. The van der Waals surface area contributed by atoms with Crippen LogP contribution in [0.5, 0.6) is 34.5 Å². The van der Waals surface area contributed by atoms with Gasteiger partial charge in [-0.2, -0.15) is 0 Å². The summed E-state index contributed by atoms with van der Waals surface area (Å²) in [4.78, 5) is 0. The van der Waals surface area contributed by atoms with Crippen molar-refractivity contribution >= 4 is 10.8 Å². The lowest BCUT2D eigenvalue weighted by Crippen LogP contribution is -2.11.